The molecule has 0 aromatic heterocycles. The van der Waals surface area contributed by atoms with E-state index >= 15 is 0 Å². The first-order valence-corrected chi connectivity index (χ1v) is 2.47. The second kappa shape index (κ2) is 3.05. The van der Waals surface area contributed by atoms with E-state index in [9.17, 15) is 4.79 Å². The van der Waals surface area contributed by atoms with Crippen LogP contribution >= 0.6 is 0 Å². The van der Waals surface area contributed by atoms with Crippen LogP contribution in [-0.4, -0.2) is 28.3 Å². The maximum atomic E-state index is 10.1. The first-order chi connectivity index (χ1) is 4.50. The van der Waals surface area contributed by atoms with E-state index in [2.05, 4.69) is 10.0 Å². The predicted octanol–water partition coefficient (Wildman–Crippen LogP) is 0.132. The summed E-state index contributed by atoms with van der Waals surface area (Å²) in [5.74, 6) is -1.40. The van der Waals surface area contributed by atoms with Gasteiger partial charge >= 0.3 is 5.97 Å². The molecule has 0 unspecified atom stereocenters. The monoisotopic (exact) mass is 145 g/mol. The molecule has 0 rings (SSSR count). The van der Waals surface area contributed by atoms with E-state index in [1.54, 1.807) is 0 Å². The summed E-state index contributed by atoms with van der Waals surface area (Å²) >= 11 is 0. The molecule has 56 valence electrons. The molecule has 0 saturated heterocycles. The summed E-state index contributed by atoms with van der Waals surface area (Å²) in [7, 11) is 0. The molecule has 0 radical (unpaired) electrons. The highest BCUT2D eigenvalue weighted by molar-refractivity contribution is 5.76. The molecule has 0 aliphatic carbocycles. The zero-order valence-electron chi connectivity index (χ0n) is 5.35. The maximum Gasteiger partial charge on any atom is 0.335 e. The van der Waals surface area contributed by atoms with E-state index < -0.39 is 18.1 Å². The van der Waals surface area contributed by atoms with Gasteiger partial charge in [-0.25, -0.2) is 4.79 Å². The van der Waals surface area contributed by atoms with Gasteiger partial charge in [0.15, 0.2) is 5.60 Å². The first kappa shape index (κ1) is 8.74. The van der Waals surface area contributed by atoms with Crippen molar-refractivity contribution >= 4 is 5.97 Å². The third-order valence-corrected chi connectivity index (χ3v) is 0.903. The molecule has 0 aromatic carbocycles. The number of aliphatic carboxylic acids is 1. The molecule has 1 atom stereocenters. The average Bonchev–Trinajstić information content (AvgIpc) is 1.84. The van der Waals surface area contributed by atoms with Crippen LogP contribution in [0.25, 0.3) is 10.4 Å². The smallest absolute Gasteiger partial charge is 0.335 e. The van der Waals surface area contributed by atoms with Crippen LogP contribution in [0.3, 0.4) is 0 Å². The summed E-state index contributed by atoms with van der Waals surface area (Å²) in [6.07, 6.45) is 0. The largest absolute Gasteiger partial charge is 0.479 e. The summed E-state index contributed by atoms with van der Waals surface area (Å²) in [4.78, 5) is 12.4. The lowest BCUT2D eigenvalue weighted by Crippen LogP contribution is -2.37. The van der Waals surface area contributed by atoms with Crippen molar-refractivity contribution in [2.24, 2.45) is 5.11 Å². The molecule has 0 spiro atoms. The highest BCUT2D eigenvalue weighted by Crippen LogP contribution is 2.02. The Morgan fingerprint density at radius 1 is 1.90 bits per heavy atom. The van der Waals surface area contributed by atoms with Crippen LogP contribution < -0.4 is 0 Å². The number of hydrogen-bond acceptors (Lipinski definition) is 3. The van der Waals surface area contributed by atoms with Crippen molar-refractivity contribution < 1.29 is 15.0 Å². The molecule has 0 heterocycles. The van der Waals surface area contributed by atoms with Crippen LogP contribution in [0.1, 0.15) is 6.92 Å². The van der Waals surface area contributed by atoms with Gasteiger partial charge < -0.3 is 10.2 Å². The van der Waals surface area contributed by atoms with Gasteiger partial charge in [-0.2, -0.15) is 0 Å². The second-order valence-corrected chi connectivity index (χ2v) is 1.97. The van der Waals surface area contributed by atoms with Crippen molar-refractivity contribution in [3.63, 3.8) is 0 Å². The SMILES string of the molecule is C[C@](O)(CN=[N+]=[N-])C(=O)O. The van der Waals surface area contributed by atoms with Gasteiger partial charge in [0.1, 0.15) is 0 Å². The quantitative estimate of drug-likeness (QED) is 0.335. The van der Waals surface area contributed by atoms with Crippen LogP contribution in [0.5, 0.6) is 0 Å². The Morgan fingerprint density at radius 3 is 2.70 bits per heavy atom. The van der Waals surface area contributed by atoms with Gasteiger partial charge in [-0.05, 0) is 12.5 Å². The van der Waals surface area contributed by atoms with Crippen molar-refractivity contribution in [2.75, 3.05) is 6.54 Å². The molecule has 0 saturated carbocycles. The van der Waals surface area contributed by atoms with Crippen LogP contribution in [0.15, 0.2) is 5.11 Å². The number of carbonyl (C=O) groups is 1. The van der Waals surface area contributed by atoms with Gasteiger partial charge in [0.05, 0.1) is 6.54 Å². The average molecular weight is 145 g/mol. The van der Waals surface area contributed by atoms with Crippen molar-refractivity contribution in [3.8, 4) is 0 Å². The van der Waals surface area contributed by atoms with Crippen molar-refractivity contribution in [1.29, 1.82) is 0 Å². The summed E-state index contributed by atoms with van der Waals surface area (Å²) in [5, 5.41) is 20.0. The molecule has 0 aromatic rings. The Kier molecular flexibility index (Phi) is 2.66. The van der Waals surface area contributed by atoms with E-state index in [0.29, 0.717) is 0 Å². The molecule has 2 N–H and O–H groups in total. The second-order valence-electron chi connectivity index (χ2n) is 1.97. The zero-order chi connectivity index (χ0) is 8.20. The fourth-order valence-electron chi connectivity index (χ4n) is 0.237. The number of azide groups is 1. The maximum absolute atomic E-state index is 10.1. The van der Waals surface area contributed by atoms with Crippen LogP contribution in [0.2, 0.25) is 0 Å². The lowest BCUT2D eigenvalue weighted by atomic mass is 10.1. The Balaban J connectivity index is 4.12. The Labute approximate surface area is 56.7 Å². The number of carboxylic acids is 1. The van der Waals surface area contributed by atoms with Gasteiger partial charge in [-0.15, -0.1) is 0 Å². The number of aliphatic hydroxyl groups is 1. The number of carboxylic acid groups (broad SMARTS) is 1. The van der Waals surface area contributed by atoms with E-state index in [1.165, 1.54) is 0 Å². The lowest BCUT2D eigenvalue weighted by molar-refractivity contribution is -0.155. The van der Waals surface area contributed by atoms with Gasteiger partial charge in [-0.1, -0.05) is 5.11 Å². The Morgan fingerprint density at radius 2 is 2.40 bits per heavy atom. The van der Waals surface area contributed by atoms with Crippen molar-refractivity contribution in [2.45, 2.75) is 12.5 Å². The highest BCUT2D eigenvalue weighted by atomic mass is 16.4. The normalized spacial score (nSPS) is 15.0. The summed E-state index contributed by atoms with van der Waals surface area (Å²) in [6, 6.07) is 0. The van der Waals surface area contributed by atoms with Crippen LogP contribution in [0, 0.1) is 0 Å². The molecule has 0 bridgehead atoms. The summed E-state index contributed by atoms with van der Waals surface area (Å²) in [6.45, 7) is 0.600. The first-order valence-electron chi connectivity index (χ1n) is 2.47. The molecule has 0 fully saturated rings. The molecule has 6 heteroatoms. The molecular formula is C4H7N3O3. The van der Waals surface area contributed by atoms with Crippen molar-refractivity contribution in [3.05, 3.63) is 10.4 Å². The van der Waals surface area contributed by atoms with Crippen LogP contribution in [0.4, 0.5) is 0 Å². The lowest BCUT2D eigenvalue weighted by Gasteiger charge is -2.13. The standard InChI is InChI=1S/C4H7N3O3/c1-4(10,3(8)9)2-6-7-5/h10H,2H2,1H3,(H,8,9)/t4-/m0/s1. The minimum atomic E-state index is -1.95. The van der Waals surface area contributed by atoms with Gasteiger partial charge in [0, 0.05) is 4.91 Å². The highest BCUT2D eigenvalue weighted by Gasteiger charge is 2.28. The molecular weight excluding hydrogens is 138 g/mol. The molecule has 6 nitrogen and oxygen atoms in total. The van der Waals surface area contributed by atoms with Crippen LogP contribution in [-0.2, 0) is 4.79 Å². The third kappa shape index (κ3) is 2.34. The van der Waals surface area contributed by atoms with Gasteiger partial charge in [0.2, 0.25) is 0 Å². The number of hydrogen-bond donors (Lipinski definition) is 2. The minimum absolute atomic E-state index is 0.459. The third-order valence-electron chi connectivity index (χ3n) is 0.903. The van der Waals surface area contributed by atoms with Gasteiger partial charge in [0.25, 0.3) is 0 Å². The van der Waals surface area contributed by atoms with E-state index in [4.69, 9.17) is 15.7 Å². The fraction of sp³-hybridized carbons (Fsp3) is 0.750. The molecule has 0 amide bonds. The number of nitrogens with zero attached hydrogens (tertiary/aromatic N) is 3. The predicted molar refractivity (Wildman–Crippen MR) is 32.3 cm³/mol. The summed E-state index contributed by atoms with van der Waals surface area (Å²) < 4.78 is 0. The van der Waals surface area contributed by atoms with E-state index in [1.807, 2.05) is 0 Å². The topological polar surface area (TPSA) is 106 Å². The van der Waals surface area contributed by atoms with E-state index in [-0.39, 0.29) is 0 Å². The molecule has 10 heavy (non-hydrogen) atoms. The molecule has 0 aliphatic rings. The van der Waals surface area contributed by atoms with E-state index in [0.717, 1.165) is 6.92 Å². The Bertz CT molecular complexity index is 182. The summed E-state index contributed by atoms with van der Waals surface area (Å²) in [5.41, 5.74) is 5.81. The zero-order valence-corrected chi connectivity index (χ0v) is 5.35. The van der Waals surface area contributed by atoms with Gasteiger partial charge in [-0.3, -0.25) is 0 Å². The van der Waals surface area contributed by atoms with Crippen molar-refractivity contribution in [1.82, 2.24) is 0 Å². The fourth-order valence-corrected chi connectivity index (χ4v) is 0.237. The number of rotatable bonds is 3. The minimum Gasteiger partial charge on any atom is -0.479 e. The molecule has 0 aliphatic heterocycles. The Hall–Kier alpha value is -1.26.